The Morgan fingerprint density at radius 3 is 2.80 bits per heavy atom. The Morgan fingerprint density at radius 1 is 1.20 bits per heavy atom. The Kier molecular flexibility index (Phi) is 3.67. The van der Waals surface area contributed by atoms with Crippen LogP contribution in [0.2, 0.25) is 0 Å². The van der Waals surface area contributed by atoms with E-state index in [2.05, 4.69) is 4.98 Å². The Morgan fingerprint density at radius 2 is 2.00 bits per heavy atom. The van der Waals surface area contributed by atoms with E-state index in [1.54, 1.807) is 12.1 Å². The predicted molar refractivity (Wildman–Crippen MR) is 91.8 cm³/mol. The number of ether oxygens (including phenoxy) is 1. The molecule has 1 aromatic heterocycles. The Balaban J connectivity index is 1.80. The van der Waals surface area contributed by atoms with Gasteiger partial charge in [0.15, 0.2) is 0 Å². The molecule has 1 aromatic carbocycles. The first-order chi connectivity index (χ1) is 12.1. The van der Waals surface area contributed by atoms with E-state index in [0.29, 0.717) is 12.1 Å². The van der Waals surface area contributed by atoms with Gasteiger partial charge in [-0.3, -0.25) is 14.5 Å². The third kappa shape index (κ3) is 2.45. The summed E-state index contributed by atoms with van der Waals surface area (Å²) >= 11 is 0. The first kappa shape index (κ1) is 15.6. The lowest BCUT2D eigenvalue weighted by Crippen LogP contribution is -2.45. The predicted octanol–water partition coefficient (Wildman–Crippen LogP) is 1.61. The summed E-state index contributed by atoms with van der Waals surface area (Å²) in [5.41, 5.74) is 3.13. The highest BCUT2D eigenvalue weighted by Gasteiger charge is 2.40. The van der Waals surface area contributed by atoms with Crippen molar-refractivity contribution >= 4 is 17.6 Å². The molecule has 1 aliphatic heterocycles. The molecule has 6 heteroatoms. The maximum absolute atomic E-state index is 13.2. The van der Waals surface area contributed by atoms with Crippen molar-refractivity contribution < 1.29 is 14.3 Å². The van der Waals surface area contributed by atoms with Crippen molar-refractivity contribution in [2.24, 2.45) is 0 Å². The summed E-state index contributed by atoms with van der Waals surface area (Å²) < 4.78 is 4.87. The van der Waals surface area contributed by atoms with E-state index in [1.807, 2.05) is 18.2 Å². The summed E-state index contributed by atoms with van der Waals surface area (Å²) in [4.78, 5) is 42.0. The van der Waals surface area contributed by atoms with Gasteiger partial charge >= 0.3 is 5.97 Å². The minimum absolute atomic E-state index is 0.0752. The van der Waals surface area contributed by atoms with E-state index in [0.717, 1.165) is 36.1 Å². The molecule has 0 radical (unpaired) electrons. The maximum Gasteiger partial charge on any atom is 0.329 e. The van der Waals surface area contributed by atoms with E-state index in [-0.39, 0.29) is 5.56 Å². The molecule has 4 rings (SSSR count). The van der Waals surface area contributed by atoms with E-state index < -0.39 is 23.5 Å². The average Bonchev–Trinajstić information content (AvgIpc) is 3.23. The Bertz CT molecular complexity index is 931. The lowest BCUT2D eigenvalue weighted by atomic mass is 10.1. The number of anilines is 1. The lowest BCUT2D eigenvalue weighted by Gasteiger charge is -2.23. The first-order valence-electron chi connectivity index (χ1n) is 8.34. The van der Waals surface area contributed by atoms with Crippen molar-refractivity contribution in [3.05, 3.63) is 63.1 Å². The first-order valence-corrected chi connectivity index (χ1v) is 8.34. The third-order valence-electron chi connectivity index (χ3n) is 4.99. The number of nitrogens with zero attached hydrogens (tertiary/aromatic N) is 1. The molecule has 0 spiro atoms. The molecule has 2 heterocycles. The van der Waals surface area contributed by atoms with Gasteiger partial charge in [-0.05, 0) is 42.5 Å². The Labute approximate surface area is 144 Å². The van der Waals surface area contributed by atoms with Crippen LogP contribution in [0.15, 0.2) is 35.1 Å². The second kappa shape index (κ2) is 5.88. The molecular weight excluding hydrogens is 320 g/mol. The van der Waals surface area contributed by atoms with Crippen LogP contribution in [0.3, 0.4) is 0 Å². The molecule has 0 bridgehead atoms. The number of aryl methyl sites for hydroxylation is 2. The fraction of sp³-hybridized carbons (Fsp3) is 0.316. The van der Waals surface area contributed by atoms with Gasteiger partial charge in [-0.25, -0.2) is 4.79 Å². The molecule has 0 fully saturated rings. The number of pyridine rings is 1. The summed E-state index contributed by atoms with van der Waals surface area (Å²) in [5, 5.41) is 0. The van der Waals surface area contributed by atoms with Gasteiger partial charge in [0, 0.05) is 17.8 Å². The van der Waals surface area contributed by atoms with Gasteiger partial charge < -0.3 is 9.72 Å². The normalized spacial score (nSPS) is 18.0. The minimum atomic E-state index is -0.748. The van der Waals surface area contributed by atoms with Crippen molar-refractivity contribution in [1.29, 1.82) is 0 Å². The molecule has 6 nitrogen and oxygen atoms in total. The number of hydrogen-bond donors (Lipinski definition) is 1. The third-order valence-corrected chi connectivity index (χ3v) is 4.99. The number of rotatable bonds is 2. The number of amides is 1. The Hall–Kier alpha value is -2.89. The van der Waals surface area contributed by atoms with Gasteiger partial charge in [-0.15, -0.1) is 0 Å². The molecule has 128 valence electrons. The number of hydrogen-bond acceptors (Lipinski definition) is 4. The number of para-hydroxylation sites is 1. The summed E-state index contributed by atoms with van der Waals surface area (Å²) in [6.45, 7) is 0. The number of aromatic amines is 1. The van der Waals surface area contributed by atoms with E-state index in [9.17, 15) is 14.4 Å². The highest BCUT2D eigenvalue weighted by molar-refractivity contribution is 6.11. The second-order valence-electron chi connectivity index (χ2n) is 6.42. The highest BCUT2D eigenvalue weighted by Crippen LogP contribution is 2.33. The van der Waals surface area contributed by atoms with Crippen LogP contribution in [0.1, 0.15) is 33.6 Å². The van der Waals surface area contributed by atoms with Crippen LogP contribution in [0.25, 0.3) is 0 Å². The van der Waals surface area contributed by atoms with Gasteiger partial charge in [-0.1, -0.05) is 18.2 Å². The minimum Gasteiger partial charge on any atom is -0.467 e. The van der Waals surface area contributed by atoms with Crippen LogP contribution in [0.4, 0.5) is 5.69 Å². The molecule has 2 aromatic rings. The van der Waals surface area contributed by atoms with Crippen LogP contribution in [0.5, 0.6) is 0 Å². The van der Waals surface area contributed by atoms with Crippen molar-refractivity contribution in [3.63, 3.8) is 0 Å². The van der Waals surface area contributed by atoms with Gasteiger partial charge in [0.1, 0.15) is 11.6 Å². The zero-order chi connectivity index (χ0) is 17.6. The largest absolute Gasteiger partial charge is 0.467 e. The summed E-state index contributed by atoms with van der Waals surface area (Å²) in [6.07, 6.45) is 3.04. The van der Waals surface area contributed by atoms with E-state index in [1.165, 1.54) is 12.0 Å². The van der Waals surface area contributed by atoms with Crippen molar-refractivity contribution in [2.75, 3.05) is 12.0 Å². The van der Waals surface area contributed by atoms with Gasteiger partial charge in [0.2, 0.25) is 0 Å². The number of fused-ring (bicyclic) bond motifs is 2. The number of nitrogens with one attached hydrogen (secondary N) is 1. The lowest BCUT2D eigenvalue weighted by molar-refractivity contribution is -0.141. The van der Waals surface area contributed by atoms with Crippen LogP contribution in [0, 0.1) is 0 Å². The quantitative estimate of drug-likeness (QED) is 0.844. The number of methoxy groups -OCH3 is 1. The zero-order valence-electron chi connectivity index (χ0n) is 13.9. The summed E-state index contributed by atoms with van der Waals surface area (Å²) in [5.74, 6) is -0.946. The average molecular weight is 338 g/mol. The van der Waals surface area contributed by atoms with E-state index >= 15 is 0 Å². The topological polar surface area (TPSA) is 79.5 Å². The molecule has 1 N–H and O–H groups in total. The number of H-pyrrole nitrogens is 1. The smallest absolute Gasteiger partial charge is 0.329 e. The van der Waals surface area contributed by atoms with Crippen LogP contribution in [-0.2, 0) is 28.8 Å². The zero-order valence-corrected chi connectivity index (χ0v) is 13.9. The molecule has 0 saturated heterocycles. The summed E-state index contributed by atoms with van der Waals surface area (Å²) in [7, 11) is 1.30. The monoisotopic (exact) mass is 338 g/mol. The summed E-state index contributed by atoms with van der Waals surface area (Å²) in [6, 6.07) is 8.28. The molecule has 0 unspecified atom stereocenters. The van der Waals surface area contributed by atoms with Crippen LogP contribution in [-0.4, -0.2) is 30.0 Å². The van der Waals surface area contributed by atoms with Gasteiger partial charge in [0.05, 0.1) is 7.11 Å². The van der Waals surface area contributed by atoms with E-state index in [4.69, 9.17) is 4.74 Å². The number of carbonyl (C=O) groups is 2. The molecule has 2 aliphatic rings. The molecule has 1 aliphatic carbocycles. The molecule has 1 atom stereocenters. The molecule has 25 heavy (non-hydrogen) atoms. The number of benzene rings is 1. The molecular formula is C19H18N2O4. The van der Waals surface area contributed by atoms with Crippen LogP contribution >= 0.6 is 0 Å². The van der Waals surface area contributed by atoms with Gasteiger partial charge in [0.25, 0.3) is 11.5 Å². The number of aromatic nitrogens is 1. The molecule has 0 saturated carbocycles. The van der Waals surface area contributed by atoms with Crippen molar-refractivity contribution in [2.45, 2.75) is 31.7 Å². The standard InChI is InChI=1S/C19H18N2O4/c1-25-19(24)16-10-12-5-2-3-8-15(12)21(16)18(23)13-9-11-6-4-7-14(11)20-17(13)22/h2-3,5,8-9,16H,4,6-7,10H2,1H3,(H,20,22)/t16-/m1/s1. The maximum atomic E-state index is 13.2. The molecule has 1 amide bonds. The van der Waals surface area contributed by atoms with Crippen molar-refractivity contribution in [3.8, 4) is 0 Å². The fourth-order valence-corrected chi connectivity index (χ4v) is 3.76. The fourth-order valence-electron chi connectivity index (χ4n) is 3.76. The van der Waals surface area contributed by atoms with Crippen LogP contribution < -0.4 is 10.5 Å². The highest BCUT2D eigenvalue weighted by atomic mass is 16.5. The SMILES string of the molecule is COC(=O)[C@H]1Cc2ccccc2N1C(=O)c1cc2c([nH]c1=O)CCC2. The number of carbonyl (C=O) groups excluding carboxylic acids is 2. The van der Waals surface area contributed by atoms with Crippen molar-refractivity contribution in [1.82, 2.24) is 4.98 Å². The second-order valence-corrected chi connectivity index (χ2v) is 6.42. The number of esters is 1. The van der Waals surface area contributed by atoms with Gasteiger partial charge in [-0.2, -0.15) is 0 Å².